The van der Waals surface area contributed by atoms with Crippen LogP contribution in [-0.4, -0.2) is 48.0 Å². The number of nitrogens with one attached hydrogen (secondary N) is 1. The average molecular weight is 319 g/mol. The van der Waals surface area contributed by atoms with Crippen molar-refractivity contribution in [3.63, 3.8) is 0 Å². The lowest BCUT2D eigenvalue weighted by Gasteiger charge is -2.23. The summed E-state index contributed by atoms with van der Waals surface area (Å²) in [5, 5.41) is 9.92. The monoisotopic (exact) mass is 319 g/mol. The fourth-order valence-corrected chi connectivity index (χ4v) is 5.05. The summed E-state index contributed by atoms with van der Waals surface area (Å²) in [6.07, 6.45) is 0.776. The molecule has 10 heteroatoms. The number of nitrogens with zero attached hydrogens (tertiary/aromatic N) is 3. The van der Waals surface area contributed by atoms with Crippen molar-refractivity contribution in [2.24, 2.45) is 11.7 Å². The molecule has 2 unspecified atom stereocenters. The smallest absolute Gasteiger partial charge is 0.272 e. The molecule has 1 amide bonds. The predicted octanol–water partition coefficient (Wildman–Crippen LogP) is -0.146. The van der Waals surface area contributed by atoms with E-state index in [1.807, 2.05) is 6.92 Å². The quantitative estimate of drug-likeness (QED) is 0.745. The predicted molar refractivity (Wildman–Crippen MR) is 74.7 cm³/mol. The van der Waals surface area contributed by atoms with Crippen molar-refractivity contribution in [2.75, 3.05) is 18.4 Å². The molecule has 112 valence electrons. The number of amides is 1. The van der Waals surface area contributed by atoms with Gasteiger partial charge in [-0.05, 0) is 12.3 Å². The molecule has 1 aliphatic heterocycles. The van der Waals surface area contributed by atoms with Crippen LogP contribution in [0.5, 0.6) is 0 Å². The van der Waals surface area contributed by atoms with Gasteiger partial charge in [0, 0.05) is 26.1 Å². The van der Waals surface area contributed by atoms with Crippen LogP contribution in [0.4, 0.5) is 5.13 Å². The second kappa shape index (κ2) is 5.72. The molecule has 1 fully saturated rings. The summed E-state index contributed by atoms with van der Waals surface area (Å²) in [4.78, 5) is 10.9. The van der Waals surface area contributed by atoms with E-state index in [9.17, 15) is 13.2 Å². The number of carbonyl (C=O) groups excluding carboxylic acids is 1. The third kappa shape index (κ3) is 2.82. The summed E-state index contributed by atoms with van der Waals surface area (Å²) in [5.41, 5.74) is 5.66. The van der Waals surface area contributed by atoms with E-state index in [0.29, 0.717) is 6.54 Å². The van der Waals surface area contributed by atoms with E-state index >= 15 is 0 Å². The van der Waals surface area contributed by atoms with Gasteiger partial charge in [-0.15, -0.1) is 10.2 Å². The van der Waals surface area contributed by atoms with Gasteiger partial charge in [-0.3, -0.25) is 4.79 Å². The zero-order chi connectivity index (χ0) is 14.9. The van der Waals surface area contributed by atoms with Crippen molar-refractivity contribution in [1.82, 2.24) is 14.5 Å². The van der Waals surface area contributed by atoms with E-state index in [4.69, 9.17) is 5.73 Å². The topological polar surface area (TPSA) is 118 Å². The SMILES string of the molecule is CC(=O)Nc1nnc(S(=O)(=O)N2CCC(C)C2CN)s1. The maximum atomic E-state index is 12.5. The van der Waals surface area contributed by atoms with Crippen LogP contribution in [0, 0.1) is 5.92 Å². The Morgan fingerprint density at radius 1 is 1.55 bits per heavy atom. The van der Waals surface area contributed by atoms with Crippen LogP contribution < -0.4 is 11.1 Å². The van der Waals surface area contributed by atoms with Gasteiger partial charge in [-0.1, -0.05) is 18.3 Å². The number of anilines is 1. The van der Waals surface area contributed by atoms with Crippen molar-refractivity contribution >= 4 is 32.4 Å². The van der Waals surface area contributed by atoms with E-state index < -0.39 is 10.0 Å². The highest BCUT2D eigenvalue weighted by atomic mass is 32.2. The molecule has 3 N–H and O–H groups in total. The molecule has 2 atom stereocenters. The molecule has 1 aliphatic rings. The van der Waals surface area contributed by atoms with Crippen molar-refractivity contribution < 1.29 is 13.2 Å². The Kier molecular flexibility index (Phi) is 4.37. The molecule has 0 aliphatic carbocycles. The summed E-state index contributed by atoms with van der Waals surface area (Å²) in [7, 11) is -3.70. The molecule has 8 nitrogen and oxygen atoms in total. The number of aromatic nitrogens is 2. The van der Waals surface area contributed by atoms with Gasteiger partial charge in [0.05, 0.1) is 0 Å². The Labute approximate surface area is 121 Å². The zero-order valence-corrected chi connectivity index (χ0v) is 12.9. The summed E-state index contributed by atoms with van der Waals surface area (Å²) < 4.78 is 26.3. The molecule has 2 rings (SSSR count). The number of rotatable bonds is 4. The highest BCUT2D eigenvalue weighted by molar-refractivity contribution is 7.91. The van der Waals surface area contributed by atoms with Crippen LogP contribution in [-0.2, 0) is 14.8 Å². The maximum Gasteiger partial charge on any atom is 0.272 e. The Morgan fingerprint density at radius 2 is 2.25 bits per heavy atom. The van der Waals surface area contributed by atoms with E-state index in [0.717, 1.165) is 17.8 Å². The van der Waals surface area contributed by atoms with Crippen molar-refractivity contribution in [2.45, 2.75) is 30.6 Å². The van der Waals surface area contributed by atoms with Crippen LogP contribution in [0.2, 0.25) is 0 Å². The van der Waals surface area contributed by atoms with Crippen LogP contribution in [0.25, 0.3) is 0 Å². The highest BCUT2D eigenvalue weighted by Crippen LogP contribution is 2.31. The van der Waals surface area contributed by atoms with E-state index in [-0.39, 0.29) is 33.9 Å². The van der Waals surface area contributed by atoms with E-state index in [1.54, 1.807) is 0 Å². The molecular weight excluding hydrogens is 302 g/mol. The van der Waals surface area contributed by atoms with Crippen LogP contribution in [0.3, 0.4) is 0 Å². The second-order valence-corrected chi connectivity index (χ2v) is 7.78. The lowest BCUT2D eigenvalue weighted by molar-refractivity contribution is -0.114. The molecule has 1 aromatic heterocycles. The first-order valence-electron chi connectivity index (χ1n) is 6.19. The van der Waals surface area contributed by atoms with Crippen molar-refractivity contribution in [1.29, 1.82) is 0 Å². The van der Waals surface area contributed by atoms with Crippen LogP contribution in [0.15, 0.2) is 4.34 Å². The van der Waals surface area contributed by atoms with Gasteiger partial charge >= 0.3 is 0 Å². The minimum absolute atomic E-state index is 0.117. The summed E-state index contributed by atoms with van der Waals surface area (Å²) in [6, 6.07) is -0.215. The molecule has 0 radical (unpaired) electrons. The first-order chi connectivity index (χ1) is 9.36. The molecule has 0 saturated carbocycles. The van der Waals surface area contributed by atoms with Gasteiger partial charge in [0.2, 0.25) is 15.4 Å². The third-order valence-electron chi connectivity index (χ3n) is 3.29. The molecule has 1 aromatic rings. The molecule has 2 heterocycles. The summed E-state index contributed by atoms with van der Waals surface area (Å²) >= 11 is 0.844. The van der Waals surface area contributed by atoms with E-state index in [1.165, 1.54) is 11.2 Å². The highest BCUT2D eigenvalue weighted by Gasteiger charge is 2.40. The normalized spacial score (nSPS) is 23.9. The molecule has 0 spiro atoms. The number of hydrogen-bond acceptors (Lipinski definition) is 7. The minimum Gasteiger partial charge on any atom is -0.329 e. The fourth-order valence-electron chi connectivity index (χ4n) is 2.24. The Hall–Kier alpha value is -1.10. The van der Waals surface area contributed by atoms with Gasteiger partial charge in [0.25, 0.3) is 10.0 Å². The van der Waals surface area contributed by atoms with Crippen LogP contribution in [0.1, 0.15) is 20.3 Å². The van der Waals surface area contributed by atoms with Gasteiger partial charge in [-0.2, -0.15) is 4.31 Å². The third-order valence-corrected chi connectivity index (χ3v) is 6.40. The fraction of sp³-hybridized carbons (Fsp3) is 0.700. The van der Waals surface area contributed by atoms with Gasteiger partial charge in [-0.25, -0.2) is 8.42 Å². The molecule has 0 aromatic carbocycles. The number of hydrogen-bond donors (Lipinski definition) is 2. The minimum atomic E-state index is -3.70. The standard InChI is InChI=1S/C10H17N5O3S2/c1-6-3-4-15(8(6)5-11)20(17,18)10-14-13-9(19-10)12-7(2)16/h6,8H,3-5,11H2,1-2H3,(H,12,13,16). The lowest BCUT2D eigenvalue weighted by Crippen LogP contribution is -2.42. The van der Waals surface area contributed by atoms with Crippen molar-refractivity contribution in [3.05, 3.63) is 0 Å². The molecule has 20 heavy (non-hydrogen) atoms. The van der Waals surface area contributed by atoms with Gasteiger partial charge < -0.3 is 11.1 Å². The summed E-state index contributed by atoms with van der Waals surface area (Å²) in [6.45, 7) is 4.01. The van der Waals surface area contributed by atoms with Crippen molar-refractivity contribution in [3.8, 4) is 0 Å². The Morgan fingerprint density at radius 3 is 2.85 bits per heavy atom. The Balaban J connectivity index is 2.26. The van der Waals surface area contributed by atoms with Crippen LogP contribution >= 0.6 is 11.3 Å². The maximum absolute atomic E-state index is 12.5. The molecule has 0 bridgehead atoms. The Bertz CT molecular complexity index is 600. The largest absolute Gasteiger partial charge is 0.329 e. The van der Waals surface area contributed by atoms with Gasteiger partial charge in [0.15, 0.2) is 0 Å². The van der Waals surface area contributed by atoms with E-state index in [2.05, 4.69) is 15.5 Å². The number of carbonyl (C=O) groups is 1. The molecular formula is C10H17N5O3S2. The summed E-state index contributed by atoms with van der Waals surface area (Å²) in [5.74, 6) is -0.0998. The number of nitrogens with two attached hydrogens (primary N) is 1. The first-order valence-corrected chi connectivity index (χ1v) is 8.45. The number of sulfonamides is 1. The second-order valence-electron chi connectivity index (χ2n) is 4.74. The van der Waals surface area contributed by atoms with Gasteiger partial charge in [0.1, 0.15) is 0 Å². The zero-order valence-electron chi connectivity index (χ0n) is 11.2. The average Bonchev–Trinajstić information content (AvgIpc) is 2.95. The first kappa shape index (κ1) is 15.3. The molecule has 1 saturated heterocycles. The lowest BCUT2D eigenvalue weighted by atomic mass is 10.0.